The molecule has 2 heterocycles. The Labute approximate surface area is 123 Å². The standard InChI is InChI=1S/C13H20N4O4/c1-4-14-9-7-21-6-8(9)12(18)17-13-15-10(19-2)5-11(16-13)20-3/h5,8-9,14H,4,6-7H2,1-3H3,(H,15,16,17,18). The fourth-order valence-electron chi connectivity index (χ4n) is 2.15. The average Bonchev–Trinajstić information content (AvgIpc) is 2.95. The summed E-state index contributed by atoms with van der Waals surface area (Å²) in [6.45, 7) is 3.67. The van der Waals surface area contributed by atoms with Crippen LogP contribution in [0.2, 0.25) is 0 Å². The molecule has 1 aromatic rings. The molecule has 0 radical (unpaired) electrons. The second kappa shape index (κ2) is 7.19. The molecule has 1 amide bonds. The van der Waals surface area contributed by atoms with E-state index in [1.165, 1.54) is 20.3 Å². The molecule has 8 heteroatoms. The summed E-state index contributed by atoms with van der Waals surface area (Å²) in [6.07, 6.45) is 0. The quantitative estimate of drug-likeness (QED) is 0.766. The van der Waals surface area contributed by atoms with Crippen LogP contribution in [0.5, 0.6) is 11.8 Å². The lowest BCUT2D eigenvalue weighted by atomic mass is 10.0. The number of hydrogen-bond donors (Lipinski definition) is 2. The second-order valence-corrected chi connectivity index (χ2v) is 4.57. The van der Waals surface area contributed by atoms with Gasteiger partial charge in [0.15, 0.2) is 0 Å². The first-order valence-electron chi connectivity index (χ1n) is 6.77. The Morgan fingerprint density at radius 1 is 1.33 bits per heavy atom. The number of hydrogen-bond acceptors (Lipinski definition) is 7. The molecule has 0 bridgehead atoms. The third-order valence-electron chi connectivity index (χ3n) is 3.22. The van der Waals surface area contributed by atoms with E-state index in [-0.39, 0.29) is 23.8 Å². The number of ether oxygens (including phenoxy) is 3. The molecular weight excluding hydrogens is 276 g/mol. The molecular formula is C13H20N4O4. The zero-order valence-corrected chi connectivity index (χ0v) is 12.4. The molecule has 0 aliphatic carbocycles. The Kier molecular flexibility index (Phi) is 5.29. The molecule has 0 aromatic carbocycles. The molecule has 21 heavy (non-hydrogen) atoms. The van der Waals surface area contributed by atoms with Crippen LogP contribution < -0.4 is 20.1 Å². The number of rotatable bonds is 6. The molecule has 0 spiro atoms. The number of nitrogens with one attached hydrogen (secondary N) is 2. The summed E-state index contributed by atoms with van der Waals surface area (Å²) in [4.78, 5) is 20.5. The molecule has 1 fully saturated rings. The van der Waals surface area contributed by atoms with Gasteiger partial charge in [0.2, 0.25) is 23.6 Å². The number of anilines is 1. The van der Waals surface area contributed by atoms with E-state index in [1.807, 2.05) is 6.92 Å². The number of carbonyl (C=O) groups excluding carboxylic acids is 1. The van der Waals surface area contributed by atoms with E-state index < -0.39 is 0 Å². The molecule has 2 N–H and O–H groups in total. The van der Waals surface area contributed by atoms with Crippen molar-refractivity contribution in [1.82, 2.24) is 15.3 Å². The average molecular weight is 296 g/mol. The van der Waals surface area contributed by atoms with Gasteiger partial charge in [-0.05, 0) is 6.54 Å². The molecule has 2 unspecified atom stereocenters. The summed E-state index contributed by atoms with van der Waals surface area (Å²) in [5, 5.41) is 5.91. The van der Waals surface area contributed by atoms with E-state index in [9.17, 15) is 4.79 Å². The zero-order chi connectivity index (χ0) is 15.2. The molecule has 1 saturated heterocycles. The molecule has 0 saturated carbocycles. The molecule has 116 valence electrons. The Bertz CT molecular complexity index is 475. The summed E-state index contributed by atoms with van der Waals surface area (Å²) < 4.78 is 15.4. The maximum absolute atomic E-state index is 12.3. The van der Waals surface area contributed by atoms with E-state index in [4.69, 9.17) is 14.2 Å². The van der Waals surface area contributed by atoms with E-state index in [2.05, 4.69) is 20.6 Å². The number of likely N-dealkylation sites (N-methyl/N-ethyl adjacent to an activating group) is 1. The van der Waals surface area contributed by atoms with Crippen molar-refractivity contribution in [3.63, 3.8) is 0 Å². The van der Waals surface area contributed by atoms with E-state index in [1.54, 1.807) is 0 Å². The summed E-state index contributed by atoms with van der Waals surface area (Å²) >= 11 is 0. The first-order valence-corrected chi connectivity index (χ1v) is 6.77. The Morgan fingerprint density at radius 3 is 2.57 bits per heavy atom. The van der Waals surface area contributed by atoms with Crippen LogP contribution in [-0.2, 0) is 9.53 Å². The van der Waals surface area contributed by atoms with Gasteiger partial charge in [-0.15, -0.1) is 0 Å². The van der Waals surface area contributed by atoms with Gasteiger partial charge in [-0.1, -0.05) is 6.92 Å². The predicted molar refractivity (Wildman–Crippen MR) is 75.5 cm³/mol. The first kappa shape index (κ1) is 15.5. The number of amides is 1. The number of nitrogens with zero attached hydrogens (tertiary/aromatic N) is 2. The van der Waals surface area contributed by atoms with Gasteiger partial charge < -0.3 is 19.5 Å². The van der Waals surface area contributed by atoms with Crippen LogP contribution in [0.1, 0.15) is 6.92 Å². The lowest BCUT2D eigenvalue weighted by molar-refractivity contribution is -0.120. The van der Waals surface area contributed by atoms with Crippen LogP contribution in [0.25, 0.3) is 0 Å². The molecule has 1 aliphatic rings. The van der Waals surface area contributed by atoms with Crippen molar-refractivity contribution in [3.05, 3.63) is 6.07 Å². The van der Waals surface area contributed by atoms with Crippen molar-refractivity contribution in [2.45, 2.75) is 13.0 Å². The minimum atomic E-state index is -0.272. The van der Waals surface area contributed by atoms with Gasteiger partial charge in [-0.3, -0.25) is 10.1 Å². The predicted octanol–water partition coefficient (Wildman–Crippen LogP) is 0.0568. The SMILES string of the molecule is CCNC1COCC1C(=O)Nc1nc(OC)cc(OC)n1. The third-order valence-corrected chi connectivity index (χ3v) is 3.22. The van der Waals surface area contributed by atoms with Crippen molar-refractivity contribution in [2.75, 3.05) is 39.3 Å². The monoisotopic (exact) mass is 296 g/mol. The lowest BCUT2D eigenvalue weighted by Gasteiger charge is -2.17. The highest BCUT2D eigenvalue weighted by Gasteiger charge is 2.33. The van der Waals surface area contributed by atoms with Gasteiger partial charge >= 0.3 is 0 Å². The van der Waals surface area contributed by atoms with Crippen molar-refractivity contribution in [3.8, 4) is 11.8 Å². The third kappa shape index (κ3) is 3.79. The lowest BCUT2D eigenvalue weighted by Crippen LogP contribution is -2.41. The van der Waals surface area contributed by atoms with Crippen molar-refractivity contribution >= 4 is 11.9 Å². The largest absolute Gasteiger partial charge is 0.481 e. The molecule has 2 rings (SSSR count). The van der Waals surface area contributed by atoms with Gasteiger partial charge in [0.25, 0.3) is 0 Å². The summed E-state index contributed by atoms with van der Waals surface area (Å²) in [6, 6.07) is 1.54. The first-order chi connectivity index (χ1) is 10.2. The smallest absolute Gasteiger partial charge is 0.236 e. The Hall–Kier alpha value is -1.93. The molecule has 8 nitrogen and oxygen atoms in total. The summed E-state index contributed by atoms with van der Waals surface area (Å²) in [5.74, 6) is 0.337. The minimum absolute atomic E-state index is 0.00232. The second-order valence-electron chi connectivity index (χ2n) is 4.57. The highest BCUT2D eigenvalue weighted by Crippen LogP contribution is 2.19. The van der Waals surface area contributed by atoms with E-state index in [0.29, 0.717) is 25.0 Å². The summed E-state index contributed by atoms with van der Waals surface area (Å²) in [7, 11) is 2.97. The van der Waals surface area contributed by atoms with Gasteiger partial charge in [-0.2, -0.15) is 9.97 Å². The molecule has 1 aromatic heterocycles. The van der Waals surface area contributed by atoms with Gasteiger partial charge in [0, 0.05) is 6.04 Å². The highest BCUT2D eigenvalue weighted by molar-refractivity contribution is 5.91. The fraction of sp³-hybridized carbons (Fsp3) is 0.615. The van der Waals surface area contributed by atoms with Crippen LogP contribution in [-0.4, -0.2) is 55.9 Å². The van der Waals surface area contributed by atoms with Crippen LogP contribution in [0.4, 0.5) is 5.95 Å². The van der Waals surface area contributed by atoms with E-state index in [0.717, 1.165) is 6.54 Å². The fourth-order valence-corrected chi connectivity index (χ4v) is 2.15. The van der Waals surface area contributed by atoms with Crippen LogP contribution in [0.3, 0.4) is 0 Å². The van der Waals surface area contributed by atoms with Crippen LogP contribution >= 0.6 is 0 Å². The Balaban J connectivity index is 2.08. The van der Waals surface area contributed by atoms with Gasteiger partial charge in [-0.25, -0.2) is 0 Å². The van der Waals surface area contributed by atoms with E-state index >= 15 is 0 Å². The number of methoxy groups -OCH3 is 2. The number of carbonyl (C=O) groups is 1. The maximum Gasteiger partial charge on any atom is 0.236 e. The zero-order valence-electron chi connectivity index (χ0n) is 12.4. The Morgan fingerprint density at radius 2 is 2.00 bits per heavy atom. The molecule has 2 atom stereocenters. The maximum atomic E-state index is 12.3. The highest BCUT2D eigenvalue weighted by atomic mass is 16.5. The topological polar surface area (TPSA) is 94.6 Å². The van der Waals surface area contributed by atoms with Gasteiger partial charge in [0.1, 0.15) is 0 Å². The van der Waals surface area contributed by atoms with Crippen LogP contribution in [0, 0.1) is 5.92 Å². The van der Waals surface area contributed by atoms with Crippen molar-refractivity contribution in [2.24, 2.45) is 5.92 Å². The van der Waals surface area contributed by atoms with Crippen LogP contribution in [0.15, 0.2) is 6.07 Å². The minimum Gasteiger partial charge on any atom is -0.481 e. The summed E-state index contributed by atoms with van der Waals surface area (Å²) in [5.41, 5.74) is 0. The molecule has 1 aliphatic heterocycles. The van der Waals surface area contributed by atoms with Gasteiger partial charge in [0.05, 0.1) is 39.4 Å². The van der Waals surface area contributed by atoms with Crippen molar-refractivity contribution < 1.29 is 19.0 Å². The van der Waals surface area contributed by atoms with Crippen molar-refractivity contribution in [1.29, 1.82) is 0 Å². The normalized spacial score (nSPS) is 21.1. The number of aromatic nitrogens is 2.